The molecule has 690 valence electrons. The second-order valence-corrected chi connectivity index (χ2v) is 28.4. The van der Waals surface area contributed by atoms with Crippen molar-refractivity contribution in [3.63, 3.8) is 0 Å². The Labute approximate surface area is 754 Å². The Morgan fingerprint density at radius 3 is 0.925 bits per heavy atom. The van der Waals surface area contributed by atoms with E-state index in [1.807, 2.05) is 0 Å². The molecule has 61 nitrogen and oxygen atoms in total. The second-order valence-electron chi connectivity index (χ2n) is 27.5. The predicted octanol–water partition coefficient (Wildman–Crippen LogP) is 7.64. The molecule has 0 radical (unpaired) electrons. The average molecular weight is 1860 g/mol. The minimum atomic E-state index is -0.821. The van der Waals surface area contributed by atoms with E-state index >= 15 is 0 Å². The molecule has 0 fully saturated rings. The molecule has 13 N–H and O–H groups in total. The predicted molar refractivity (Wildman–Crippen MR) is 464 cm³/mol. The summed E-state index contributed by atoms with van der Waals surface area (Å²) in [5.74, 6) is -2.55. The molecule has 0 unspecified atom stereocenters. The summed E-state index contributed by atoms with van der Waals surface area (Å²) < 4.78 is 40.3. The van der Waals surface area contributed by atoms with Crippen molar-refractivity contribution in [2.45, 2.75) is 55.4 Å². The van der Waals surface area contributed by atoms with Crippen molar-refractivity contribution in [3.8, 4) is 39.5 Å². The van der Waals surface area contributed by atoms with Gasteiger partial charge in [0.25, 0.3) is 5.95 Å². The summed E-state index contributed by atoms with van der Waals surface area (Å²) >= 11 is 1.09. The molecule has 0 aliphatic carbocycles. The molecule has 0 amide bonds. The fraction of sp³-hybridized carbons (Fsp3) is 0.264. The first-order valence-electron chi connectivity index (χ1n) is 38.6. The molecule has 0 aliphatic heterocycles. The number of nitrogens with two attached hydrogens (primary N) is 6. The van der Waals surface area contributed by atoms with Gasteiger partial charge in [-0.1, -0.05) is 11.3 Å². The first kappa shape index (κ1) is 92.8. The Morgan fingerprint density at radius 1 is 0.366 bits per heavy atom. The number of carbonyl (C=O) groups is 7. The highest BCUT2D eigenvalue weighted by Gasteiger charge is 2.30. The van der Waals surface area contributed by atoms with Crippen molar-refractivity contribution in [1.82, 2.24) is 147 Å². The van der Waals surface area contributed by atoms with Crippen LogP contribution < -0.4 is 34.4 Å². The van der Waals surface area contributed by atoms with E-state index in [1.54, 1.807) is 96.7 Å². The molecule has 134 heavy (non-hydrogen) atoms. The highest BCUT2D eigenvalue weighted by atomic mass is 32.1. The van der Waals surface area contributed by atoms with Gasteiger partial charge in [-0.05, 0) is 55.4 Å². The number of methoxy groups -OCH3 is 3. The van der Waals surface area contributed by atoms with Gasteiger partial charge in [0.05, 0.1) is 111 Å². The van der Waals surface area contributed by atoms with Crippen molar-refractivity contribution in [1.29, 1.82) is 0 Å². The number of rotatable bonds is 27. The van der Waals surface area contributed by atoms with Crippen molar-refractivity contribution >= 4 is 157 Å². The van der Waals surface area contributed by atoms with Gasteiger partial charge >= 0.3 is 29.8 Å². The van der Waals surface area contributed by atoms with E-state index in [2.05, 4.69) is 153 Å². The number of azo groups is 6. The molecule has 15 aromatic rings. The summed E-state index contributed by atoms with van der Waals surface area (Å²) in [5.41, 5.74) is 42.5. The number of aldehydes is 1. The van der Waals surface area contributed by atoms with Crippen LogP contribution in [-0.2, 0) is 70.8 Å². The molecule has 0 atom stereocenters. The number of esters is 5. The lowest BCUT2D eigenvalue weighted by Crippen LogP contribution is -2.11. The fourth-order valence-electron chi connectivity index (χ4n) is 12.1. The highest BCUT2D eigenvalue weighted by molar-refractivity contribution is 7.16. The minimum Gasteiger partial charge on any atom is -0.493 e. The monoisotopic (exact) mass is 1850 g/mol. The summed E-state index contributed by atoms with van der Waals surface area (Å²) in [5, 5.41) is 120. The number of nitrogen functional groups attached to an aromatic ring is 6. The molecule has 0 aliphatic rings. The third-order valence-electron chi connectivity index (χ3n) is 18.8. The summed E-state index contributed by atoms with van der Waals surface area (Å²) in [7, 11) is 13.3. The van der Waals surface area contributed by atoms with Gasteiger partial charge in [-0.25, -0.2) is 62.0 Å². The number of anilines is 6. The summed E-state index contributed by atoms with van der Waals surface area (Å²) in [4.78, 5) is 101. The van der Waals surface area contributed by atoms with Crippen LogP contribution in [0.5, 0.6) is 5.88 Å². The van der Waals surface area contributed by atoms with Crippen LogP contribution in [-0.4, -0.2) is 229 Å². The van der Waals surface area contributed by atoms with Crippen LogP contribution in [0.3, 0.4) is 0 Å². The Hall–Kier alpha value is -18.9. The molecule has 0 saturated heterocycles. The van der Waals surface area contributed by atoms with Crippen LogP contribution in [0, 0.1) is 41.5 Å². The van der Waals surface area contributed by atoms with Crippen LogP contribution in [0.1, 0.15) is 110 Å². The maximum Gasteiger partial charge on any atom is 0.343 e. The van der Waals surface area contributed by atoms with Gasteiger partial charge in [-0.15, -0.1) is 71.6 Å². The number of aromatic nitrogens is 30. The maximum atomic E-state index is 12.3. The van der Waals surface area contributed by atoms with Crippen molar-refractivity contribution in [2.75, 3.05) is 68.9 Å². The number of carbonyl (C=O) groups excluding carboxylic acids is 7. The third-order valence-corrected chi connectivity index (χ3v) is 19.7. The molecule has 62 heteroatoms. The molecule has 0 spiro atoms. The van der Waals surface area contributed by atoms with E-state index in [9.17, 15) is 38.7 Å². The lowest BCUT2D eigenvalue weighted by atomic mass is 10.2. The maximum absolute atomic E-state index is 12.3. The van der Waals surface area contributed by atoms with Gasteiger partial charge in [0, 0.05) is 54.4 Å². The van der Waals surface area contributed by atoms with Gasteiger partial charge in [-0.2, -0.15) is 99.2 Å². The number of aromatic hydroxyl groups is 1. The van der Waals surface area contributed by atoms with E-state index in [0.29, 0.717) is 44.4 Å². The van der Waals surface area contributed by atoms with E-state index in [0.717, 1.165) is 16.0 Å². The summed E-state index contributed by atoms with van der Waals surface area (Å²) in [6.45, 7) is 13.8. The minimum absolute atomic E-state index is 0.00181. The van der Waals surface area contributed by atoms with Crippen molar-refractivity contribution in [3.05, 3.63) is 123 Å². The molecule has 0 aromatic carbocycles. The lowest BCUT2D eigenvalue weighted by Gasteiger charge is -2.07. The zero-order valence-corrected chi connectivity index (χ0v) is 74.5. The number of Topliss-reactive ketones (excluding diaryl/α,β-unsaturated/α-hetero) is 1. The first-order valence-corrected chi connectivity index (χ1v) is 39.4. The number of nitrogens with zero attached hydrogens (tertiary/aromatic N) is 42. The van der Waals surface area contributed by atoms with E-state index < -0.39 is 41.5 Å². The van der Waals surface area contributed by atoms with Gasteiger partial charge in [-0.3, -0.25) is 9.59 Å². The smallest absolute Gasteiger partial charge is 0.343 e. The zero-order valence-electron chi connectivity index (χ0n) is 73.7. The fourth-order valence-corrected chi connectivity index (χ4v) is 12.9. The number of hydrogen-bond acceptors (Lipinski definition) is 50. The van der Waals surface area contributed by atoms with Crippen LogP contribution >= 0.6 is 11.3 Å². The van der Waals surface area contributed by atoms with Crippen LogP contribution in [0.4, 0.5) is 104 Å². The Balaban J connectivity index is 0.000000171. The average Bonchev–Trinajstić information content (AvgIpc) is 1.67. The summed E-state index contributed by atoms with van der Waals surface area (Å²) in [6.07, 6.45) is 9.29. The number of aryl methyl sites for hydroxylation is 12. The second kappa shape index (κ2) is 38.8. The zero-order chi connectivity index (χ0) is 96.7. The summed E-state index contributed by atoms with van der Waals surface area (Å²) in [6, 6.07) is 2.76. The first-order chi connectivity index (χ1) is 64.0. The Morgan fingerprint density at radius 2 is 0.627 bits per heavy atom. The SMILES string of the molecule is CCOC(=O)c1cnn(C)c1N=Nc1c(C)nn(-c2cc(-n3nc(C)c(N=Nc4c(C(=O)OCC)cnn4C)c3N)ncn2)c1N.COC(=O)c1cnn(C)c1N=Nc1c(C)nn(-c2cc(O)nc(-n3nc(C)c(N=Nc4c(C(=O)C=O)cnn4C)c3N)n2)c1N.COC(=O)c1cnn(C)c1N=Nc1c(C)nn(-c2nnc(-n3nc(C)c(N=Nc4c(C(=O)OC)cnn4C)c3N)s2)c1N. The van der Waals surface area contributed by atoms with E-state index in [-0.39, 0.29) is 180 Å². The quantitative estimate of drug-likeness (QED) is 0.00649. The molecule has 15 aromatic heterocycles. The van der Waals surface area contributed by atoms with Gasteiger partial charge in [0.15, 0.2) is 128 Å². The molecule has 15 heterocycles. The molecular formula is C72H78N48O13S. The number of ketones is 1. The normalized spacial score (nSPS) is 11.6. The van der Waals surface area contributed by atoms with Crippen molar-refractivity contribution in [2.24, 2.45) is 104 Å². The van der Waals surface area contributed by atoms with Crippen LogP contribution in [0.25, 0.3) is 33.7 Å². The van der Waals surface area contributed by atoms with E-state index in [1.165, 1.54) is 129 Å². The van der Waals surface area contributed by atoms with Crippen molar-refractivity contribution < 1.29 is 62.4 Å². The number of hydrogen-bond donors (Lipinski definition) is 7. The topological polar surface area (TPSA) is 781 Å². The Kier molecular flexibility index (Phi) is 26.8. The highest BCUT2D eigenvalue weighted by Crippen LogP contribution is 2.40. The standard InChI is InChI=1S/C26H30N16O4.C24H24N16O5.C22H24N16O4S/c1-7-45-25(43)15-10-31-39(5)23(15)35-33-19-13(3)37-41(21(19)27)17-9-18(30-12-29-17)42-22(28)20(14(4)38-42)34-36-24-16(11-32-40(24)6)26(44)46-8-2;1-10-17(31-34-22-13(23(44)45-5)8-28-38(22)4)19(25)39(35-10)15-6-16(43)30-24(29-15)40-20(26)18(11(2)36-40)32-33-21-12(14(42)9-41)7-27-37(21)3;1-9-13(27-29-17-11(19(39)41-5)7-25-35(17)3)15(23)37(33-9)21-31-32-22(43-21)38-16(24)14(10(2)34-38)28-30-18-12(20(40)42-6)8-26-36(18)4/h9-12H,7-8,27-28H2,1-6H3;6-9H,25-26H2,1-5H3,(H,29,30,43);7-8H,23-24H2,1-6H3. The number of ether oxygens (including phenoxy) is 5. The van der Waals surface area contributed by atoms with Crippen LogP contribution in [0.15, 0.2) is 117 Å². The molecule has 0 bridgehead atoms. The molecular weight excluding hydrogens is 1780 g/mol. The lowest BCUT2D eigenvalue weighted by molar-refractivity contribution is -0.104. The van der Waals surface area contributed by atoms with E-state index in [4.69, 9.17) is 58.1 Å². The van der Waals surface area contributed by atoms with Gasteiger partial charge in [0.1, 0.15) is 34.1 Å². The Bertz CT molecular complexity index is 7040. The van der Waals surface area contributed by atoms with Crippen LogP contribution in [0.2, 0.25) is 0 Å². The van der Waals surface area contributed by atoms with Gasteiger partial charge in [0.2, 0.25) is 21.9 Å². The molecule has 0 saturated carbocycles. The third kappa shape index (κ3) is 18.4. The largest absolute Gasteiger partial charge is 0.493 e. The van der Waals surface area contributed by atoms with Gasteiger partial charge < -0.3 is 63.2 Å². The molecule has 15 rings (SSSR count).